The van der Waals surface area contributed by atoms with Gasteiger partial charge in [-0.1, -0.05) is 13.0 Å². The molecular formula is C14H17FN2OS. The number of hydrogen-bond acceptors (Lipinski definition) is 4. The molecule has 5 heteroatoms. The molecule has 1 aromatic heterocycles. The fourth-order valence-electron chi connectivity index (χ4n) is 1.70. The first kappa shape index (κ1) is 14.0. The fraction of sp³-hybridized carbons (Fsp3) is 0.357. The van der Waals surface area contributed by atoms with Gasteiger partial charge < -0.3 is 10.1 Å². The van der Waals surface area contributed by atoms with E-state index in [0.29, 0.717) is 13.2 Å². The average Bonchev–Trinajstić information content (AvgIpc) is 2.86. The van der Waals surface area contributed by atoms with Crippen LogP contribution in [-0.4, -0.2) is 12.0 Å². The molecule has 2 rings (SSSR count). The number of aromatic nitrogens is 1. The molecule has 0 fully saturated rings. The molecule has 2 aromatic rings. The molecule has 102 valence electrons. The molecule has 0 aliphatic carbocycles. The number of nitrogens with zero attached hydrogens (tertiary/aromatic N) is 1. The molecule has 0 aliphatic heterocycles. The summed E-state index contributed by atoms with van der Waals surface area (Å²) in [7, 11) is 1.83. The smallest absolute Gasteiger partial charge is 0.165 e. The highest BCUT2D eigenvalue weighted by Gasteiger charge is 2.06. The van der Waals surface area contributed by atoms with E-state index < -0.39 is 0 Å². The van der Waals surface area contributed by atoms with Crippen LogP contribution in [0.15, 0.2) is 23.6 Å². The van der Waals surface area contributed by atoms with Crippen molar-refractivity contribution in [1.29, 1.82) is 0 Å². The Bertz CT molecular complexity index is 542. The lowest BCUT2D eigenvalue weighted by atomic mass is 10.2. The van der Waals surface area contributed by atoms with Gasteiger partial charge in [-0.05, 0) is 31.2 Å². The van der Waals surface area contributed by atoms with Crippen LogP contribution in [0.2, 0.25) is 0 Å². The Hall–Kier alpha value is -1.46. The Morgan fingerprint density at radius 2 is 2.26 bits per heavy atom. The van der Waals surface area contributed by atoms with Crippen LogP contribution >= 0.6 is 11.3 Å². The van der Waals surface area contributed by atoms with E-state index in [9.17, 15) is 4.39 Å². The highest BCUT2D eigenvalue weighted by atomic mass is 32.1. The van der Waals surface area contributed by atoms with Crippen molar-refractivity contribution in [2.24, 2.45) is 0 Å². The third-order valence-corrected chi connectivity index (χ3v) is 3.70. The van der Waals surface area contributed by atoms with E-state index >= 15 is 0 Å². The maximum absolute atomic E-state index is 13.8. The minimum atomic E-state index is -0.335. The Labute approximate surface area is 116 Å². The SMILES string of the molecule is CCc1nc(COc2ccc(CNC)cc2F)cs1. The van der Waals surface area contributed by atoms with E-state index in [4.69, 9.17) is 4.74 Å². The monoisotopic (exact) mass is 280 g/mol. The van der Waals surface area contributed by atoms with Crippen molar-refractivity contribution in [3.63, 3.8) is 0 Å². The molecule has 19 heavy (non-hydrogen) atoms. The summed E-state index contributed by atoms with van der Waals surface area (Å²) in [5, 5.41) is 6.00. The summed E-state index contributed by atoms with van der Waals surface area (Å²) < 4.78 is 19.2. The third kappa shape index (κ3) is 3.75. The van der Waals surface area contributed by atoms with E-state index in [0.717, 1.165) is 22.7 Å². The Balaban J connectivity index is 1.99. The largest absolute Gasteiger partial charge is 0.484 e. The van der Waals surface area contributed by atoms with Crippen LogP contribution in [0.3, 0.4) is 0 Å². The molecule has 1 aromatic carbocycles. The molecule has 1 heterocycles. The van der Waals surface area contributed by atoms with Crippen LogP contribution < -0.4 is 10.1 Å². The first-order valence-corrected chi connectivity index (χ1v) is 7.10. The van der Waals surface area contributed by atoms with E-state index in [2.05, 4.69) is 17.2 Å². The predicted octanol–water partition coefficient (Wildman–Crippen LogP) is 3.14. The molecule has 0 radical (unpaired) electrons. The second-order valence-corrected chi connectivity index (χ2v) is 5.11. The molecule has 3 nitrogen and oxygen atoms in total. The van der Waals surface area contributed by atoms with E-state index in [1.807, 2.05) is 18.5 Å². The fourth-order valence-corrected chi connectivity index (χ4v) is 2.43. The lowest BCUT2D eigenvalue weighted by molar-refractivity contribution is 0.286. The molecule has 0 saturated heterocycles. The van der Waals surface area contributed by atoms with Gasteiger partial charge in [-0.25, -0.2) is 9.37 Å². The quantitative estimate of drug-likeness (QED) is 0.882. The number of rotatable bonds is 6. The maximum Gasteiger partial charge on any atom is 0.165 e. The number of halogens is 1. The Morgan fingerprint density at radius 1 is 1.42 bits per heavy atom. The van der Waals surface area contributed by atoms with Gasteiger partial charge in [-0.3, -0.25) is 0 Å². The van der Waals surface area contributed by atoms with Crippen molar-refractivity contribution in [1.82, 2.24) is 10.3 Å². The van der Waals surface area contributed by atoms with Gasteiger partial charge >= 0.3 is 0 Å². The van der Waals surface area contributed by atoms with Gasteiger partial charge in [0.2, 0.25) is 0 Å². The molecule has 0 aliphatic rings. The van der Waals surface area contributed by atoms with Gasteiger partial charge in [0.15, 0.2) is 11.6 Å². The first-order valence-electron chi connectivity index (χ1n) is 6.22. The summed E-state index contributed by atoms with van der Waals surface area (Å²) in [4.78, 5) is 4.38. The average molecular weight is 280 g/mol. The molecule has 0 spiro atoms. The summed E-state index contributed by atoms with van der Waals surface area (Å²) >= 11 is 1.60. The number of benzene rings is 1. The maximum atomic E-state index is 13.8. The summed E-state index contributed by atoms with van der Waals surface area (Å²) in [6.45, 7) is 3.01. The lowest BCUT2D eigenvalue weighted by Crippen LogP contribution is -2.05. The second kappa shape index (κ2) is 6.63. The van der Waals surface area contributed by atoms with Crippen molar-refractivity contribution in [3.05, 3.63) is 45.7 Å². The zero-order valence-electron chi connectivity index (χ0n) is 11.1. The molecule has 0 saturated carbocycles. The van der Waals surface area contributed by atoms with Crippen LogP contribution in [-0.2, 0) is 19.6 Å². The Morgan fingerprint density at radius 3 is 2.89 bits per heavy atom. The summed E-state index contributed by atoms with van der Waals surface area (Å²) in [5.41, 5.74) is 1.75. The van der Waals surface area contributed by atoms with Crippen LogP contribution in [0, 0.1) is 5.82 Å². The highest BCUT2D eigenvalue weighted by Crippen LogP contribution is 2.20. The number of aryl methyl sites for hydroxylation is 1. The molecule has 0 bridgehead atoms. The predicted molar refractivity (Wildman–Crippen MR) is 75.0 cm³/mol. The normalized spacial score (nSPS) is 10.7. The minimum absolute atomic E-state index is 0.269. The molecular weight excluding hydrogens is 263 g/mol. The number of ether oxygens (including phenoxy) is 1. The minimum Gasteiger partial charge on any atom is -0.484 e. The molecule has 0 atom stereocenters. The molecule has 0 unspecified atom stereocenters. The zero-order valence-corrected chi connectivity index (χ0v) is 11.9. The standard InChI is InChI=1S/C14H17FN2OS/c1-3-14-17-11(9-19-14)8-18-13-5-4-10(7-16-2)6-12(13)15/h4-6,9,16H,3,7-8H2,1-2H3. The van der Waals surface area contributed by atoms with Crippen molar-refractivity contribution >= 4 is 11.3 Å². The lowest BCUT2D eigenvalue weighted by Gasteiger charge is -2.07. The summed E-state index contributed by atoms with van der Waals surface area (Å²) in [6, 6.07) is 5.01. The van der Waals surface area contributed by atoms with Crippen LogP contribution in [0.1, 0.15) is 23.2 Å². The Kier molecular flexibility index (Phi) is 4.87. The van der Waals surface area contributed by atoms with Crippen LogP contribution in [0.4, 0.5) is 4.39 Å². The van der Waals surface area contributed by atoms with Crippen LogP contribution in [0.25, 0.3) is 0 Å². The molecule has 0 amide bonds. The van der Waals surface area contributed by atoms with Gasteiger partial charge in [-0.2, -0.15) is 0 Å². The number of nitrogens with one attached hydrogen (secondary N) is 1. The van der Waals surface area contributed by atoms with Gasteiger partial charge in [0.1, 0.15) is 6.61 Å². The van der Waals surface area contributed by atoms with Gasteiger partial charge in [-0.15, -0.1) is 11.3 Å². The van der Waals surface area contributed by atoms with E-state index in [1.54, 1.807) is 17.4 Å². The number of hydrogen-bond donors (Lipinski definition) is 1. The van der Waals surface area contributed by atoms with Gasteiger partial charge in [0.25, 0.3) is 0 Å². The van der Waals surface area contributed by atoms with Crippen LogP contribution in [0.5, 0.6) is 5.75 Å². The summed E-state index contributed by atoms with van der Waals surface area (Å²) in [6.07, 6.45) is 0.914. The number of thiazole rings is 1. The van der Waals surface area contributed by atoms with Crippen molar-refractivity contribution < 1.29 is 9.13 Å². The van der Waals surface area contributed by atoms with E-state index in [1.165, 1.54) is 6.07 Å². The van der Waals surface area contributed by atoms with Gasteiger partial charge in [0, 0.05) is 11.9 Å². The summed E-state index contributed by atoms with van der Waals surface area (Å²) in [5.74, 6) is -0.0652. The van der Waals surface area contributed by atoms with Gasteiger partial charge in [0.05, 0.1) is 10.7 Å². The van der Waals surface area contributed by atoms with Crippen molar-refractivity contribution in [3.8, 4) is 5.75 Å². The first-order chi connectivity index (χ1) is 9.22. The van der Waals surface area contributed by atoms with Crippen molar-refractivity contribution in [2.45, 2.75) is 26.5 Å². The van der Waals surface area contributed by atoms with Crippen molar-refractivity contribution in [2.75, 3.05) is 7.05 Å². The topological polar surface area (TPSA) is 34.1 Å². The highest BCUT2D eigenvalue weighted by molar-refractivity contribution is 7.09. The molecule has 1 N–H and O–H groups in total. The van der Waals surface area contributed by atoms with E-state index in [-0.39, 0.29) is 11.6 Å². The zero-order chi connectivity index (χ0) is 13.7. The third-order valence-electron chi connectivity index (χ3n) is 2.65. The second-order valence-electron chi connectivity index (χ2n) is 4.17.